The fourth-order valence-electron chi connectivity index (χ4n) is 3.64. The Labute approximate surface area is 152 Å². The Morgan fingerprint density at radius 1 is 1.16 bits per heavy atom. The van der Waals surface area contributed by atoms with Gasteiger partial charge in [-0.2, -0.15) is 0 Å². The highest BCUT2D eigenvalue weighted by atomic mass is 35.5. The number of benzene rings is 2. The van der Waals surface area contributed by atoms with Crippen molar-refractivity contribution < 1.29 is 5.11 Å². The van der Waals surface area contributed by atoms with E-state index in [-0.39, 0.29) is 5.75 Å². The Hall–Kier alpha value is -2.04. The van der Waals surface area contributed by atoms with Crippen molar-refractivity contribution in [3.8, 4) is 5.75 Å². The number of aromatic hydroxyl groups is 1. The lowest BCUT2D eigenvalue weighted by molar-refractivity contribution is 0.251. The highest BCUT2D eigenvalue weighted by Crippen LogP contribution is 2.26. The predicted molar refractivity (Wildman–Crippen MR) is 101 cm³/mol. The number of likely N-dealkylation sites (tertiary alicyclic amines) is 1. The number of imidazole rings is 1. The molecule has 1 atom stereocenters. The number of aromatic nitrogens is 2. The van der Waals surface area contributed by atoms with Gasteiger partial charge in [-0.3, -0.25) is 4.90 Å². The molecule has 0 spiro atoms. The molecule has 4 nitrogen and oxygen atoms in total. The third-order valence-corrected chi connectivity index (χ3v) is 5.35. The Bertz CT molecular complexity index is 888. The molecule has 2 aromatic carbocycles. The van der Waals surface area contributed by atoms with Gasteiger partial charge in [0.2, 0.25) is 0 Å². The van der Waals surface area contributed by atoms with Crippen LogP contribution in [0.25, 0.3) is 11.0 Å². The van der Waals surface area contributed by atoms with E-state index in [0.717, 1.165) is 35.0 Å². The molecule has 1 aliphatic heterocycles. The van der Waals surface area contributed by atoms with Crippen LogP contribution in [0.1, 0.15) is 31.2 Å². The zero-order valence-corrected chi connectivity index (χ0v) is 15.1. The molecule has 3 aromatic rings. The van der Waals surface area contributed by atoms with Gasteiger partial charge in [0, 0.05) is 23.7 Å². The van der Waals surface area contributed by atoms with Crippen LogP contribution in [0.2, 0.25) is 5.02 Å². The minimum Gasteiger partial charge on any atom is -0.508 e. The fourth-order valence-corrected chi connectivity index (χ4v) is 3.77. The SMILES string of the molecule is C[C@H]1CCCN1Cc1nc2ccc(O)cc2n1Cc1ccc(Cl)cc1. The predicted octanol–water partition coefficient (Wildman–Crippen LogP) is 4.43. The van der Waals surface area contributed by atoms with E-state index in [1.807, 2.05) is 30.3 Å². The van der Waals surface area contributed by atoms with Crippen molar-refractivity contribution >= 4 is 22.6 Å². The maximum absolute atomic E-state index is 9.92. The summed E-state index contributed by atoms with van der Waals surface area (Å²) in [6.07, 6.45) is 2.50. The minimum absolute atomic E-state index is 0.269. The molecule has 1 N–H and O–H groups in total. The van der Waals surface area contributed by atoms with Crippen molar-refractivity contribution in [3.05, 3.63) is 58.9 Å². The van der Waals surface area contributed by atoms with Crippen molar-refractivity contribution in [1.29, 1.82) is 0 Å². The van der Waals surface area contributed by atoms with Crippen LogP contribution in [-0.4, -0.2) is 32.1 Å². The minimum atomic E-state index is 0.269. The van der Waals surface area contributed by atoms with Crippen molar-refractivity contribution in [2.24, 2.45) is 0 Å². The zero-order valence-electron chi connectivity index (χ0n) is 14.3. The van der Waals surface area contributed by atoms with Crippen LogP contribution < -0.4 is 0 Å². The molecule has 0 radical (unpaired) electrons. The van der Waals surface area contributed by atoms with Gasteiger partial charge in [0.05, 0.1) is 17.6 Å². The molecule has 1 aliphatic rings. The summed E-state index contributed by atoms with van der Waals surface area (Å²) in [6, 6.07) is 13.9. The van der Waals surface area contributed by atoms with Crippen LogP contribution in [0.5, 0.6) is 5.75 Å². The van der Waals surface area contributed by atoms with Crippen LogP contribution in [0.4, 0.5) is 0 Å². The third-order valence-electron chi connectivity index (χ3n) is 5.10. The van der Waals surface area contributed by atoms with Crippen LogP contribution in [0.15, 0.2) is 42.5 Å². The van der Waals surface area contributed by atoms with Crippen molar-refractivity contribution in [3.63, 3.8) is 0 Å². The highest BCUT2D eigenvalue weighted by molar-refractivity contribution is 6.30. The average Bonchev–Trinajstić information content (AvgIpc) is 3.14. The van der Waals surface area contributed by atoms with Crippen molar-refractivity contribution in [1.82, 2.24) is 14.5 Å². The summed E-state index contributed by atoms with van der Waals surface area (Å²) in [5.41, 5.74) is 3.06. The van der Waals surface area contributed by atoms with Gasteiger partial charge >= 0.3 is 0 Å². The molecule has 0 unspecified atom stereocenters. The van der Waals surface area contributed by atoms with Gasteiger partial charge in [0.1, 0.15) is 11.6 Å². The summed E-state index contributed by atoms with van der Waals surface area (Å²) in [6.45, 7) is 4.96. The Balaban J connectivity index is 1.74. The molecule has 0 bridgehead atoms. The summed E-state index contributed by atoms with van der Waals surface area (Å²) < 4.78 is 2.21. The lowest BCUT2D eigenvalue weighted by Gasteiger charge is -2.21. The number of hydrogen-bond acceptors (Lipinski definition) is 3. The van der Waals surface area contributed by atoms with Gasteiger partial charge < -0.3 is 9.67 Å². The van der Waals surface area contributed by atoms with E-state index in [9.17, 15) is 5.11 Å². The molecular formula is C20H22ClN3O. The maximum atomic E-state index is 9.92. The first-order valence-electron chi connectivity index (χ1n) is 8.77. The van der Waals surface area contributed by atoms with Gasteiger partial charge in [0.25, 0.3) is 0 Å². The molecule has 25 heavy (non-hydrogen) atoms. The topological polar surface area (TPSA) is 41.3 Å². The number of nitrogens with zero attached hydrogens (tertiary/aromatic N) is 3. The Kier molecular flexibility index (Phi) is 4.40. The van der Waals surface area contributed by atoms with E-state index in [0.29, 0.717) is 12.6 Å². The average molecular weight is 356 g/mol. The maximum Gasteiger partial charge on any atom is 0.124 e. The number of hydrogen-bond donors (Lipinski definition) is 1. The summed E-state index contributed by atoms with van der Waals surface area (Å²) in [4.78, 5) is 7.34. The second kappa shape index (κ2) is 6.70. The van der Waals surface area contributed by atoms with Crippen LogP contribution >= 0.6 is 11.6 Å². The molecule has 0 saturated carbocycles. The lowest BCUT2D eigenvalue weighted by Crippen LogP contribution is -2.28. The second-order valence-electron chi connectivity index (χ2n) is 6.88. The number of halogens is 1. The van der Waals surface area contributed by atoms with Gasteiger partial charge in [0.15, 0.2) is 0 Å². The first-order valence-corrected chi connectivity index (χ1v) is 9.14. The summed E-state index contributed by atoms with van der Waals surface area (Å²) in [7, 11) is 0. The lowest BCUT2D eigenvalue weighted by atomic mass is 10.2. The molecule has 1 fully saturated rings. The largest absolute Gasteiger partial charge is 0.508 e. The van der Waals surface area contributed by atoms with Crippen molar-refractivity contribution in [2.75, 3.05) is 6.54 Å². The number of rotatable bonds is 4. The standard InChI is InChI=1S/C20H22ClN3O/c1-14-3-2-10-23(14)13-20-22-18-9-8-17(25)11-19(18)24(20)12-15-4-6-16(21)7-5-15/h4-9,11,14,25H,2-3,10,12-13H2,1H3/t14-/m0/s1. The Morgan fingerprint density at radius 3 is 2.68 bits per heavy atom. The quantitative estimate of drug-likeness (QED) is 0.752. The van der Waals surface area contributed by atoms with Gasteiger partial charge in [-0.1, -0.05) is 23.7 Å². The monoisotopic (exact) mass is 355 g/mol. The molecule has 1 saturated heterocycles. The van der Waals surface area contributed by atoms with E-state index < -0.39 is 0 Å². The van der Waals surface area contributed by atoms with Crippen LogP contribution in [0.3, 0.4) is 0 Å². The Morgan fingerprint density at radius 2 is 1.96 bits per heavy atom. The molecular weight excluding hydrogens is 334 g/mol. The van der Waals surface area contributed by atoms with Gasteiger partial charge in [-0.15, -0.1) is 0 Å². The van der Waals surface area contributed by atoms with Gasteiger partial charge in [-0.25, -0.2) is 4.98 Å². The molecule has 0 amide bonds. The fraction of sp³-hybridized carbons (Fsp3) is 0.350. The van der Waals surface area contributed by atoms with E-state index in [1.54, 1.807) is 12.1 Å². The van der Waals surface area contributed by atoms with E-state index in [1.165, 1.54) is 18.4 Å². The van der Waals surface area contributed by atoms with Crippen LogP contribution in [0, 0.1) is 0 Å². The van der Waals surface area contributed by atoms with Gasteiger partial charge in [-0.05, 0) is 56.1 Å². The molecule has 5 heteroatoms. The second-order valence-corrected chi connectivity index (χ2v) is 7.31. The molecule has 1 aromatic heterocycles. The summed E-state index contributed by atoms with van der Waals surface area (Å²) in [5, 5.41) is 10.7. The number of phenolic OH excluding ortho intramolecular Hbond substituents is 1. The number of fused-ring (bicyclic) bond motifs is 1. The normalized spacial score (nSPS) is 18.2. The highest BCUT2D eigenvalue weighted by Gasteiger charge is 2.23. The first-order chi connectivity index (χ1) is 12.1. The van der Waals surface area contributed by atoms with Crippen LogP contribution in [-0.2, 0) is 13.1 Å². The molecule has 130 valence electrons. The van der Waals surface area contributed by atoms with Crippen molar-refractivity contribution in [2.45, 2.75) is 38.9 Å². The molecule has 0 aliphatic carbocycles. The third kappa shape index (κ3) is 3.37. The molecule has 2 heterocycles. The van der Waals surface area contributed by atoms with E-state index in [4.69, 9.17) is 16.6 Å². The smallest absolute Gasteiger partial charge is 0.124 e. The number of phenols is 1. The zero-order chi connectivity index (χ0) is 17.4. The summed E-state index contributed by atoms with van der Waals surface area (Å²) in [5.74, 6) is 1.31. The molecule has 4 rings (SSSR count). The first kappa shape index (κ1) is 16.4. The summed E-state index contributed by atoms with van der Waals surface area (Å²) >= 11 is 6.01. The van der Waals surface area contributed by atoms with E-state index in [2.05, 4.69) is 16.4 Å². The van der Waals surface area contributed by atoms with E-state index >= 15 is 0 Å².